The third-order valence-electron chi connectivity index (χ3n) is 7.98. The minimum Gasteiger partial charge on any atom is -0.478 e. The van der Waals surface area contributed by atoms with Crippen molar-refractivity contribution in [3.63, 3.8) is 0 Å². The van der Waals surface area contributed by atoms with Crippen LogP contribution in [0.5, 0.6) is 0 Å². The van der Waals surface area contributed by atoms with Gasteiger partial charge in [-0.15, -0.1) is 0 Å². The average molecular weight is 489 g/mol. The summed E-state index contributed by atoms with van der Waals surface area (Å²) >= 11 is 0. The molecule has 0 aromatic heterocycles. The predicted octanol–water partition coefficient (Wildman–Crippen LogP) is 6.49. The van der Waals surface area contributed by atoms with Crippen LogP contribution in [0.15, 0.2) is 54.6 Å². The van der Waals surface area contributed by atoms with Gasteiger partial charge in [-0.2, -0.15) is 0 Å². The molecule has 1 heterocycles. The van der Waals surface area contributed by atoms with Gasteiger partial charge >= 0.3 is 5.97 Å². The highest BCUT2D eigenvalue weighted by molar-refractivity contribution is 5.99. The molecule has 36 heavy (non-hydrogen) atoms. The lowest BCUT2D eigenvalue weighted by atomic mass is 9.76. The molecule has 0 radical (unpaired) electrons. The van der Waals surface area contributed by atoms with Gasteiger partial charge in [0.15, 0.2) is 0 Å². The van der Waals surface area contributed by atoms with E-state index in [0.29, 0.717) is 11.0 Å². The van der Waals surface area contributed by atoms with Gasteiger partial charge in [0.1, 0.15) is 0 Å². The molecule has 2 aliphatic rings. The van der Waals surface area contributed by atoms with E-state index in [9.17, 15) is 14.7 Å². The largest absolute Gasteiger partial charge is 0.478 e. The summed E-state index contributed by atoms with van der Waals surface area (Å²) in [6.07, 6.45) is 7.35. The number of hydrogen-bond donors (Lipinski definition) is 1. The van der Waals surface area contributed by atoms with Crippen molar-refractivity contribution < 1.29 is 14.7 Å². The molecule has 1 aliphatic carbocycles. The summed E-state index contributed by atoms with van der Waals surface area (Å²) in [6, 6.07) is 15.6. The normalized spacial score (nSPS) is 22.2. The first-order valence-corrected chi connectivity index (χ1v) is 13.4. The Morgan fingerprint density at radius 1 is 0.972 bits per heavy atom. The highest BCUT2D eigenvalue weighted by Gasteiger charge is 2.37. The highest BCUT2D eigenvalue weighted by atomic mass is 16.4. The molecule has 2 atom stereocenters. The van der Waals surface area contributed by atoms with Crippen LogP contribution < -0.4 is 0 Å². The second-order valence-electron chi connectivity index (χ2n) is 11.2. The lowest BCUT2D eigenvalue weighted by Gasteiger charge is -2.47. The number of hydrogen-bond acceptors (Lipinski definition) is 3. The number of allylic oxidation sites excluding steroid dienone is 2. The third kappa shape index (κ3) is 5.73. The fraction of sp³-hybridized carbons (Fsp3) is 0.484. The summed E-state index contributed by atoms with van der Waals surface area (Å²) in [6.45, 7) is 11.4. The van der Waals surface area contributed by atoms with Crippen molar-refractivity contribution in [1.29, 1.82) is 0 Å². The van der Waals surface area contributed by atoms with Gasteiger partial charge < -0.3 is 10.0 Å². The van der Waals surface area contributed by atoms with E-state index in [1.54, 1.807) is 12.1 Å². The van der Waals surface area contributed by atoms with Crippen LogP contribution >= 0.6 is 0 Å². The van der Waals surface area contributed by atoms with E-state index in [1.807, 2.05) is 24.3 Å². The molecule has 5 nitrogen and oxygen atoms in total. The molecule has 0 saturated carbocycles. The summed E-state index contributed by atoms with van der Waals surface area (Å²) in [7, 11) is 0. The number of amides is 1. The van der Waals surface area contributed by atoms with Crippen molar-refractivity contribution in [2.45, 2.75) is 78.4 Å². The van der Waals surface area contributed by atoms with Crippen LogP contribution in [-0.2, 0) is 6.54 Å². The Morgan fingerprint density at radius 3 is 2.17 bits per heavy atom. The fourth-order valence-corrected chi connectivity index (χ4v) is 5.68. The maximum absolute atomic E-state index is 14.1. The lowest BCUT2D eigenvalue weighted by molar-refractivity contribution is 0.0154. The quantitative estimate of drug-likeness (QED) is 0.484. The highest BCUT2D eigenvalue weighted by Crippen LogP contribution is 2.39. The first-order chi connectivity index (χ1) is 17.2. The maximum atomic E-state index is 14.1. The van der Waals surface area contributed by atoms with Crippen molar-refractivity contribution in [3.05, 3.63) is 76.9 Å². The topological polar surface area (TPSA) is 60.9 Å². The zero-order chi connectivity index (χ0) is 25.9. The molecule has 1 N–H and O–H groups in total. The summed E-state index contributed by atoms with van der Waals surface area (Å²) < 4.78 is 0. The van der Waals surface area contributed by atoms with Gasteiger partial charge in [0.2, 0.25) is 0 Å². The van der Waals surface area contributed by atoms with Crippen LogP contribution in [0.25, 0.3) is 5.57 Å². The van der Waals surface area contributed by atoms with Crippen LogP contribution in [0.1, 0.15) is 91.6 Å². The number of piperazine rings is 1. The molecule has 1 fully saturated rings. The number of carbonyl (C=O) groups excluding carboxylic acids is 1. The smallest absolute Gasteiger partial charge is 0.335 e. The lowest BCUT2D eigenvalue weighted by Crippen LogP contribution is -2.60. The molecule has 1 saturated heterocycles. The van der Waals surface area contributed by atoms with Gasteiger partial charge in [0.05, 0.1) is 5.56 Å². The Labute approximate surface area is 215 Å². The van der Waals surface area contributed by atoms with Crippen molar-refractivity contribution in [1.82, 2.24) is 9.80 Å². The zero-order valence-electron chi connectivity index (χ0n) is 22.2. The van der Waals surface area contributed by atoms with E-state index in [1.165, 1.54) is 5.57 Å². The fourth-order valence-electron chi connectivity index (χ4n) is 5.68. The van der Waals surface area contributed by atoms with Gasteiger partial charge in [-0.25, -0.2) is 4.79 Å². The summed E-state index contributed by atoms with van der Waals surface area (Å²) in [5.74, 6) is -0.751. The standard InChI is InChI=1S/C31H40N2O3/c1-5-25-20-32(19-22-11-13-24(14-12-22)30(35)36)21-26(6-2)33(25)29(34)28-10-8-7-9-27(28)23-15-17-31(3,4)18-16-23/h7-15,25-26H,5-6,16-21H2,1-4H3,(H,35,36)/t25-,26+. The van der Waals surface area contributed by atoms with Gasteiger partial charge in [0.25, 0.3) is 5.91 Å². The Balaban J connectivity index is 1.55. The Morgan fingerprint density at radius 2 is 1.61 bits per heavy atom. The summed E-state index contributed by atoms with van der Waals surface area (Å²) in [5.41, 5.74) is 4.97. The molecule has 1 aliphatic heterocycles. The van der Waals surface area contributed by atoms with Crippen LogP contribution in [0, 0.1) is 5.41 Å². The molecule has 5 heteroatoms. The van der Waals surface area contributed by atoms with Crippen molar-refractivity contribution in [3.8, 4) is 0 Å². The van der Waals surface area contributed by atoms with Crippen LogP contribution in [0.3, 0.4) is 0 Å². The van der Waals surface area contributed by atoms with E-state index in [0.717, 1.165) is 68.4 Å². The molecule has 0 unspecified atom stereocenters. The number of rotatable bonds is 7. The summed E-state index contributed by atoms with van der Waals surface area (Å²) in [4.78, 5) is 29.9. The number of carboxylic acids is 1. The molecule has 192 valence electrons. The first kappa shape index (κ1) is 26.2. The molecule has 0 bridgehead atoms. The Hall–Kier alpha value is -2.92. The number of aromatic carboxylic acids is 1. The SMILES string of the molecule is CC[C@@H]1CN(Cc2ccc(C(=O)O)cc2)C[C@H](CC)N1C(=O)c1ccccc1C1=CCC(C)(C)CC1. The van der Waals surface area contributed by atoms with Crippen molar-refractivity contribution in [2.75, 3.05) is 13.1 Å². The van der Waals surface area contributed by atoms with Gasteiger partial charge in [-0.3, -0.25) is 9.69 Å². The van der Waals surface area contributed by atoms with Crippen molar-refractivity contribution in [2.24, 2.45) is 5.41 Å². The minimum absolute atomic E-state index is 0.141. The monoisotopic (exact) mass is 488 g/mol. The maximum Gasteiger partial charge on any atom is 0.335 e. The van der Waals surface area contributed by atoms with E-state index >= 15 is 0 Å². The van der Waals surface area contributed by atoms with E-state index in [-0.39, 0.29) is 18.0 Å². The Kier molecular flexibility index (Phi) is 7.99. The second-order valence-corrected chi connectivity index (χ2v) is 11.2. The molecule has 1 amide bonds. The first-order valence-electron chi connectivity index (χ1n) is 13.4. The van der Waals surface area contributed by atoms with Crippen LogP contribution in [0.4, 0.5) is 0 Å². The molecular weight excluding hydrogens is 448 g/mol. The molecule has 0 spiro atoms. The van der Waals surface area contributed by atoms with Gasteiger partial charge in [-0.05, 0) is 72.4 Å². The predicted molar refractivity (Wildman–Crippen MR) is 145 cm³/mol. The van der Waals surface area contributed by atoms with E-state index in [2.05, 4.69) is 55.7 Å². The van der Waals surface area contributed by atoms with Crippen molar-refractivity contribution >= 4 is 17.4 Å². The molecule has 2 aromatic rings. The Bertz CT molecular complexity index is 1100. The van der Waals surface area contributed by atoms with Gasteiger partial charge in [0, 0.05) is 37.3 Å². The molecular formula is C31H40N2O3. The molecule has 4 rings (SSSR count). The number of benzene rings is 2. The van der Waals surface area contributed by atoms with E-state index < -0.39 is 5.97 Å². The number of nitrogens with zero attached hydrogens (tertiary/aromatic N) is 2. The second kappa shape index (κ2) is 11.0. The number of carbonyl (C=O) groups is 2. The third-order valence-corrected chi connectivity index (χ3v) is 7.98. The minimum atomic E-state index is -0.904. The van der Waals surface area contributed by atoms with Crippen LogP contribution in [-0.4, -0.2) is 52.0 Å². The van der Waals surface area contributed by atoms with Gasteiger partial charge in [-0.1, -0.05) is 64.1 Å². The number of carboxylic acid groups (broad SMARTS) is 1. The average Bonchev–Trinajstić information content (AvgIpc) is 2.88. The molecule has 2 aromatic carbocycles. The van der Waals surface area contributed by atoms with E-state index in [4.69, 9.17) is 0 Å². The van der Waals surface area contributed by atoms with Crippen LogP contribution in [0.2, 0.25) is 0 Å². The zero-order valence-corrected chi connectivity index (χ0v) is 22.2. The summed E-state index contributed by atoms with van der Waals surface area (Å²) in [5, 5.41) is 9.18.